The first kappa shape index (κ1) is 19.6. The molecule has 2 saturated heterocycles. The van der Waals surface area contributed by atoms with Crippen LogP contribution in [0.15, 0.2) is 24.3 Å². The molecule has 2 aliphatic heterocycles. The molecule has 2 heterocycles. The van der Waals surface area contributed by atoms with Gasteiger partial charge in [-0.15, -0.1) is 0 Å². The van der Waals surface area contributed by atoms with Crippen LogP contribution in [0.5, 0.6) is 5.75 Å². The Morgan fingerprint density at radius 3 is 2.77 bits per heavy atom. The summed E-state index contributed by atoms with van der Waals surface area (Å²) in [6.45, 7) is 7.60. The zero-order valence-electron chi connectivity index (χ0n) is 15.8. The van der Waals surface area contributed by atoms with Gasteiger partial charge in [0, 0.05) is 45.9 Å². The lowest BCUT2D eigenvalue weighted by atomic mass is 10.2. The number of β-amino-alcohol motifs (C(OH)–C–C–N with tert-alkyl or cyclic N) is 1. The van der Waals surface area contributed by atoms with Gasteiger partial charge in [0.25, 0.3) is 0 Å². The molecular weight excluding hydrogens is 332 g/mol. The van der Waals surface area contributed by atoms with E-state index in [2.05, 4.69) is 9.80 Å². The highest BCUT2D eigenvalue weighted by molar-refractivity contribution is 5.27. The second kappa shape index (κ2) is 10.2. The molecule has 1 aromatic carbocycles. The standard InChI is InChI=1S/C20H32N2O4/c1-24-19-5-2-4-17(12-19)15-25-16-18(23)13-21-7-9-22(10-8-21)14-20-6-3-11-26-20/h2,4-5,12,18,20,23H,3,6-11,13-16H2,1H3. The molecule has 6 heteroatoms. The number of ether oxygens (including phenoxy) is 3. The molecule has 0 spiro atoms. The Kier molecular flexibility index (Phi) is 7.70. The molecule has 3 rings (SSSR count). The average Bonchev–Trinajstić information content (AvgIpc) is 3.16. The van der Waals surface area contributed by atoms with E-state index in [1.807, 2.05) is 24.3 Å². The van der Waals surface area contributed by atoms with Crippen molar-refractivity contribution in [1.82, 2.24) is 9.80 Å². The van der Waals surface area contributed by atoms with Crippen molar-refractivity contribution in [1.29, 1.82) is 0 Å². The number of hydrogen-bond donors (Lipinski definition) is 1. The van der Waals surface area contributed by atoms with Gasteiger partial charge in [0.15, 0.2) is 0 Å². The maximum absolute atomic E-state index is 10.3. The van der Waals surface area contributed by atoms with Crippen LogP contribution in [-0.4, -0.2) is 86.7 Å². The number of rotatable bonds is 9. The minimum atomic E-state index is -0.453. The number of benzene rings is 1. The first-order valence-corrected chi connectivity index (χ1v) is 9.68. The second-order valence-corrected chi connectivity index (χ2v) is 7.26. The van der Waals surface area contributed by atoms with Crippen molar-refractivity contribution in [3.63, 3.8) is 0 Å². The fourth-order valence-corrected chi connectivity index (χ4v) is 3.66. The Hall–Kier alpha value is -1.18. The molecule has 1 aromatic rings. The van der Waals surface area contributed by atoms with Gasteiger partial charge in [-0.1, -0.05) is 12.1 Å². The van der Waals surface area contributed by atoms with Gasteiger partial charge in [-0.05, 0) is 30.5 Å². The van der Waals surface area contributed by atoms with Crippen LogP contribution in [0, 0.1) is 0 Å². The van der Waals surface area contributed by atoms with Gasteiger partial charge < -0.3 is 19.3 Å². The molecule has 0 radical (unpaired) electrons. The summed E-state index contributed by atoms with van der Waals surface area (Å²) < 4.78 is 16.6. The molecule has 0 bridgehead atoms. The third-order valence-electron chi connectivity index (χ3n) is 5.13. The largest absolute Gasteiger partial charge is 0.497 e. The molecule has 0 saturated carbocycles. The summed E-state index contributed by atoms with van der Waals surface area (Å²) in [6, 6.07) is 7.82. The zero-order valence-corrected chi connectivity index (χ0v) is 15.8. The molecule has 0 aromatic heterocycles. The molecule has 6 nitrogen and oxygen atoms in total. The van der Waals surface area contributed by atoms with E-state index in [0.29, 0.717) is 25.9 Å². The number of aliphatic hydroxyl groups is 1. The predicted molar refractivity (Wildman–Crippen MR) is 101 cm³/mol. The van der Waals surface area contributed by atoms with Crippen molar-refractivity contribution in [3.8, 4) is 5.75 Å². The molecule has 2 unspecified atom stereocenters. The lowest BCUT2D eigenvalue weighted by Crippen LogP contribution is -2.50. The number of piperazine rings is 1. The number of hydrogen-bond acceptors (Lipinski definition) is 6. The topological polar surface area (TPSA) is 54.4 Å². The lowest BCUT2D eigenvalue weighted by molar-refractivity contribution is -0.00347. The Balaban J connectivity index is 1.29. The van der Waals surface area contributed by atoms with Crippen LogP contribution >= 0.6 is 0 Å². The summed E-state index contributed by atoms with van der Waals surface area (Å²) in [4.78, 5) is 4.81. The summed E-state index contributed by atoms with van der Waals surface area (Å²) >= 11 is 0. The van der Waals surface area contributed by atoms with Crippen LogP contribution in [0.2, 0.25) is 0 Å². The van der Waals surface area contributed by atoms with Crippen LogP contribution in [-0.2, 0) is 16.1 Å². The predicted octanol–water partition coefficient (Wildman–Crippen LogP) is 1.37. The smallest absolute Gasteiger partial charge is 0.119 e. The van der Waals surface area contributed by atoms with E-state index in [4.69, 9.17) is 14.2 Å². The molecule has 146 valence electrons. The van der Waals surface area contributed by atoms with Crippen LogP contribution in [0.25, 0.3) is 0 Å². The highest BCUT2D eigenvalue weighted by Gasteiger charge is 2.23. The van der Waals surface area contributed by atoms with E-state index in [0.717, 1.165) is 50.6 Å². The summed E-state index contributed by atoms with van der Waals surface area (Å²) in [5.41, 5.74) is 1.05. The molecule has 2 atom stereocenters. The first-order chi connectivity index (χ1) is 12.7. The van der Waals surface area contributed by atoms with Gasteiger partial charge in [-0.2, -0.15) is 0 Å². The van der Waals surface area contributed by atoms with Crippen molar-refractivity contribution in [2.45, 2.75) is 31.7 Å². The van der Waals surface area contributed by atoms with Crippen molar-refractivity contribution in [2.24, 2.45) is 0 Å². The van der Waals surface area contributed by atoms with Gasteiger partial charge in [-0.3, -0.25) is 9.80 Å². The lowest BCUT2D eigenvalue weighted by Gasteiger charge is -2.36. The minimum Gasteiger partial charge on any atom is -0.497 e. The third-order valence-corrected chi connectivity index (χ3v) is 5.13. The van der Waals surface area contributed by atoms with E-state index in [1.54, 1.807) is 7.11 Å². The van der Waals surface area contributed by atoms with Gasteiger partial charge >= 0.3 is 0 Å². The monoisotopic (exact) mass is 364 g/mol. The van der Waals surface area contributed by atoms with Crippen LogP contribution in [0.3, 0.4) is 0 Å². The summed E-state index contributed by atoms with van der Waals surface area (Å²) in [5, 5.41) is 10.3. The Morgan fingerprint density at radius 2 is 2.04 bits per heavy atom. The summed E-state index contributed by atoms with van der Waals surface area (Å²) in [5.74, 6) is 0.826. The molecule has 0 aliphatic carbocycles. The third kappa shape index (κ3) is 6.21. The fraction of sp³-hybridized carbons (Fsp3) is 0.700. The van der Waals surface area contributed by atoms with E-state index >= 15 is 0 Å². The van der Waals surface area contributed by atoms with Gasteiger partial charge in [-0.25, -0.2) is 0 Å². The minimum absolute atomic E-state index is 0.355. The highest BCUT2D eigenvalue weighted by atomic mass is 16.5. The number of aliphatic hydroxyl groups excluding tert-OH is 1. The quantitative estimate of drug-likeness (QED) is 0.714. The van der Waals surface area contributed by atoms with Crippen LogP contribution < -0.4 is 4.74 Å². The second-order valence-electron chi connectivity index (χ2n) is 7.26. The molecule has 26 heavy (non-hydrogen) atoms. The Labute approximate surface area is 156 Å². The highest BCUT2D eigenvalue weighted by Crippen LogP contribution is 2.15. The number of nitrogens with zero attached hydrogens (tertiary/aromatic N) is 2. The molecule has 2 aliphatic rings. The molecule has 0 amide bonds. The number of methoxy groups -OCH3 is 1. The van der Waals surface area contributed by atoms with Gasteiger partial charge in [0.2, 0.25) is 0 Å². The van der Waals surface area contributed by atoms with Crippen LogP contribution in [0.4, 0.5) is 0 Å². The SMILES string of the molecule is COc1cccc(COCC(O)CN2CCN(CC3CCCO3)CC2)c1. The zero-order chi connectivity index (χ0) is 18.2. The Bertz CT molecular complexity index is 528. The van der Waals surface area contributed by atoms with E-state index in [-0.39, 0.29) is 0 Å². The van der Waals surface area contributed by atoms with Crippen molar-refractivity contribution in [3.05, 3.63) is 29.8 Å². The normalized spacial score (nSPS) is 23.2. The van der Waals surface area contributed by atoms with E-state index in [1.165, 1.54) is 12.8 Å². The van der Waals surface area contributed by atoms with Crippen molar-refractivity contribution >= 4 is 0 Å². The molecular formula is C20H32N2O4. The summed E-state index contributed by atoms with van der Waals surface area (Å²) in [7, 11) is 1.66. The summed E-state index contributed by atoms with van der Waals surface area (Å²) in [6.07, 6.45) is 2.37. The van der Waals surface area contributed by atoms with Crippen molar-refractivity contribution in [2.75, 3.05) is 59.6 Å². The maximum atomic E-state index is 10.3. The van der Waals surface area contributed by atoms with Crippen molar-refractivity contribution < 1.29 is 19.3 Å². The van der Waals surface area contributed by atoms with Gasteiger partial charge in [0.05, 0.1) is 32.5 Å². The Morgan fingerprint density at radius 1 is 1.23 bits per heavy atom. The first-order valence-electron chi connectivity index (χ1n) is 9.68. The fourth-order valence-electron chi connectivity index (χ4n) is 3.66. The molecule has 2 fully saturated rings. The maximum Gasteiger partial charge on any atom is 0.119 e. The van der Waals surface area contributed by atoms with E-state index < -0.39 is 6.10 Å². The average molecular weight is 364 g/mol. The van der Waals surface area contributed by atoms with Crippen LogP contribution in [0.1, 0.15) is 18.4 Å². The van der Waals surface area contributed by atoms with E-state index in [9.17, 15) is 5.11 Å². The molecule has 1 N–H and O–H groups in total. The van der Waals surface area contributed by atoms with Gasteiger partial charge in [0.1, 0.15) is 5.75 Å².